The Kier molecular flexibility index (Phi) is 7.75. The molecule has 1 saturated heterocycles. The summed E-state index contributed by atoms with van der Waals surface area (Å²) in [5, 5.41) is 0. The molecule has 0 atom stereocenters. The second kappa shape index (κ2) is 10.1. The van der Waals surface area contributed by atoms with Crippen molar-refractivity contribution in [2.45, 2.75) is 38.7 Å². The number of nitrogens with zero attached hydrogens (tertiary/aromatic N) is 1. The van der Waals surface area contributed by atoms with Crippen LogP contribution in [0.15, 0.2) is 30.3 Å². The van der Waals surface area contributed by atoms with Gasteiger partial charge in [-0.2, -0.15) is 0 Å². The van der Waals surface area contributed by atoms with Gasteiger partial charge in [0, 0.05) is 39.1 Å². The fourth-order valence-corrected chi connectivity index (χ4v) is 2.94. The van der Waals surface area contributed by atoms with Gasteiger partial charge in [0.2, 0.25) is 0 Å². The van der Waals surface area contributed by atoms with Gasteiger partial charge in [-0.1, -0.05) is 30.3 Å². The molecule has 1 fully saturated rings. The molecule has 0 aromatic heterocycles. The van der Waals surface area contributed by atoms with Crippen LogP contribution in [-0.2, 0) is 20.9 Å². The lowest BCUT2D eigenvalue weighted by Crippen LogP contribution is -2.40. The molecule has 5 heteroatoms. The van der Waals surface area contributed by atoms with E-state index in [-0.39, 0.29) is 18.6 Å². The molecule has 1 aromatic carbocycles. The molecule has 2 rings (SSSR count). The summed E-state index contributed by atoms with van der Waals surface area (Å²) in [6.45, 7) is 2.20. The van der Waals surface area contributed by atoms with Gasteiger partial charge in [0.1, 0.15) is 12.4 Å². The van der Waals surface area contributed by atoms with Gasteiger partial charge < -0.3 is 14.4 Å². The summed E-state index contributed by atoms with van der Waals surface area (Å²) < 4.78 is 10.3. The van der Waals surface area contributed by atoms with Crippen molar-refractivity contribution in [1.29, 1.82) is 0 Å². The molecular formula is C19H27NO4. The SMILES string of the molecule is COCCCCC(=O)C1CCN(C(=O)OCc2ccccc2)CC1. The first-order valence-corrected chi connectivity index (χ1v) is 8.68. The Balaban J connectivity index is 1.66. The molecule has 0 N–H and O–H groups in total. The van der Waals surface area contributed by atoms with Gasteiger partial charge in [-0.15, -0.1) is 0 Å². The number of piperidine rings is 1. The summed E-state index contributed by atoms with van der Waals surface area (Å²) >= 11 is 0. The minimum absolute atomic E-state index is 0.0886. The van der Waals surface area contributed by atoms with Crippen LogP contribution in [0.1, 0.15) is 37.7 Å². The molecular weight excluding hydrogens is 306 g/mol. The smallest absolute Gasteiger partial charge is 0.410 e. The predicted molar refractivity (Wildman–Crippen MR) is 91.7 cm³/mol. The number of unbranched alkanes of at least 4 members (excludes halogenated alkanes) is 1. The summed E-state index contributed by atoms with van der Waals surface area (Å²) in [5.74, 6) is 0.411. The van der Waals surface area contributed by atoms with Crippen molar-refractivity contribution in [3.63, 3.8) is 0 Å². The minimum Gasteiger partial charge on any atom is -0.445 e. The van der Waals surface area contributed by atoms with Crippen LogP contribution in [0.25, 0.3) is 0 Å². The van der Waals surface area contributed by atoms with E-state index in [2.05, 4.69) is 0 Å². The summed E-state index contributed by atoms with van der Waals surface area (Å²) in [6, 6.07) is 9.64. The largest absolute Gasteiger partial charge is 0.445 e. The van der Waals surface area contributed by atoms with Crippen molar-refractivity contribution in [3.8, 4) is 0 Å². The van der Waals surface area contributed by atoms with Gasteiger partial charge in [0.25, 0.3) is 0 Å². The zero-order valence-corrected chi connectivity index (χ0v) is 14.4. The van der Waals surface area contributed by atoms with Crippen molar-refractivity contribution in [2.75, 3.05) is 26.8 Å². The highest BCUT2D eigenvalue weighted by molar-refractivity contribution is 5.81. The van der Waals surface area contributed by atoms with Gasteiger partial charge in [-0.25, -0.2) is 4.79 Å². The van der Waals surface area contributed by atoms with E-state index < -0.39 is 0 Å². The third-order valence-electron chi connectivity index (χ3n) is 4.44. The van der Waals surface area contributed by atoms with Gasteiger partial charge >= 0.3 is 6.09 Å². The van der Waals surface area contributed by atoms with Crippen molar-refractivity contribution in [1.82, 2.24) is 4.90 Å². The Morgan fingerprint density at radius 2 is 1.83 bits per heavy atom. The van der Waals surface area contributed by atoms with E-state index in [0.29, 0.717) is 31.9 Å². The molecule has 1 aliphatic heterocycles. The zero-order chi connectivity index (χ0) is 17.2. The van der Waals surface area contributed by atoms with Crippen LogP contribution >= 0.6 is 0 Å². The maximum Gasteiger partial charge on any atom is 0.410 e. The molecule has 24 heavy (non-hydrogen) atoms. The first-order valence-electron chi connectivity index (χ1n) is 8.68. The second-order valence-electron chi connectivity index (χ2n) is 6.22. The standard InChI is InChI=1S/C19H27NO4/c1-23-14-6-5-9-18(21)17-10-12-20(13-11-17)19(22)24-15-16-7-3-2-4-8-16/h2-4,7-8,17H,5-6,9-15H2,1H3. The number of hydrogen-bond donors (Lipinski definition) is 0. The summed E-state index contributed by atoms with van der Waals surface area (Å²) in [5.41, 5.74) is 0.979. The third kappa shape index (κ3) is 5.96. The molecule has 5 nitrogen and oxygen atoms in total. The Bertz CT molecular complexity index is 509. The van der Waals surface area contributed by atoms with Gasteiger partial charge in [-0.3, -0.25) is 4.79 Å². The van der Waals surface area contributed by atoms with Crippen molar-refractivity contribution in [2.24, 2.45) is 5.92 Å². The number of amides is 1. The Morgan fingerprint density at radius 1 is 1.12 bits per heavy atom. The Morgan fingerprint density at radius 3 is 2.50 bits per heavy atom. The lowest BCUT2D eigenvalue weighted by atomic mass is 9.90. The van der Waals surface area contributed by atoms with Crippen LogP contribution in [0.5, 0.6) is 0 Å². The normalized spacial score (nSPS) is 15.3. The Hall–Kier alpha value is -1.88. The molecule has 1 heterocycles. The summed E-state index contributed by atoms with van der Waals surface area (Å²) in [6.07, 6.45) is 3.61. The number of Topliss-reactive ketones (excluding diaryl/α,β-unsaturated/α-hetero) is 1. The van der Waals surface area contributed by atoms with Crippen LogP contribution in [-0.4, -0.2) is 43.6 Å². The van der Waals surface area contributed by atoms with E-state index in [4.69, 9.17) is 9.47 Å². The van der Waals surface area contributed by atoms with Crippen LogP contribution < -0.4 is 0 Å². The minimum atomic E-state index is -0.287. The summed E-state index contributed by atoms with van der Waals surface area (Å²) in [7, 11) is 1.68. The average Bonchev–Trinajstić information content (AvgIpc) is 2.64. The lowest BCUT2D eigenvalue weighted by Gasteiger charge is -2.30. The molecule has 0 saturated carbocycles. The van der Waals surface area contributed by atoms with E-state index in [0.717, 1.165) is 31.2 Å². The van der Waals surface area contributed by atoms with Crippen LogP contribution in [0.4, 0.5) is 4.79 Å². The van der Waals surface area contributed by atoms with Gasteiger partial charge in [0.15, 0.2) is 0 Å². The van der Waals surface area contributed by atoms with Crippen molar-refractivity contribution >= 4 is 11.9 Å². The molecule has 0 unspecified atom stereocenters. The number of hydrogen-bond acceptors (Lipinski definition) is 4. The highest BCUT2D eigenvalue weighted by atomic mass is 16.6. The van der Waals surface area contributed by atoms with Gasteiger partial charge in [0.05, 0.1) is 0 Å². The average molecular weight is 333 g/mol. The number of ether oxygens (including phenoxy) is 2. The molecule has 132 valence electrons. The number of methoxy groups -OCH3 is 1. The molecule has 0 spiro atoms. The molecule has 1 amide bonds. The number of carbonyl (C=O) groups is 2. The van der Waals surface area contributed by atoms with E-state index in [1.807, 2.05) is 30.3 Å². The van der Waals surface area contributed by atoms with Crippen LogP contribution in [0.2, 0.25) is 0 Å². The van der Waals surface area contributed by atoms with Crippen molar-refractivity contribution < 1.29 is 19.1 Å². The highest BCUT2D eigenvalue weighted by Gasteiger charge is 2.27. The number of likely N-dealkylation sites (tertiary alicyclic amines) is 1. The van der Waals surface area contributed by atoms with Crippen molar-refractivity contribution in [3.05, 3.63) is 35.9 Å². The maximum absolute atomic E-state index is 12.2. The zero-order valence-electron chi connectivity index (χ0n) is 14.4. The van der Waals surface area contributed by atoms with E-state index in [9.17, 15) is 9.59 Å². The Labute approximate surface area is 143 Å². The molecule has 1 aromatic rings. The molecule has 0 radical (unpaired) electrons. The fraction of sp³-hybridized carbons (Fsp3) is 0.579. The highest BCUT2D eigenvalue weighted by Crippen LogP contribution is 2.21. The van der Waals surface area contributed by atoms with E-state index >= 15 is 0 Å². The molecule has 1 aliphatic rings. The number of benzene rings is 1. The number of carbonyl (C=O) groups excluding carboxylic acids is 2. The molecule has 0 bridgehead atoms. The summed E-state index contributed by atoms with van der Waals surface area (Å²) in [4.78, 5) is 26.0. The number of ketones is 1. The number of rotatable bonds is 8. The first-order chi connectivity index (χ1) is 11.7. The van der Waals surface area contributed by atoms with E-state index in [1.165, 1.54) is 0 Å². The van der Waals surface area contributed by atoms with Gasteiger partial charge in [-0.05, 0) is 31.2 Å². The van der Waals surface area contributed by atoms with Crippen LogP contribution in [0, 0.1) is 5.92 Å². The quantitative estimate of drug-likeness (QED) is 0.684. The topological polar surface area (TPSA) is 55.8 Å². The van der Waals surface area contributed by atoms with Crippen LogP contribution in [0.3, 0.4) is 0 Å². The third-order valence-corrected chi connectivity index (χ3v) is 4.44. The first kappa shape index (κ1) is 18.5. The fourth-order valence-electron chi connectivity index (χ4n) is 2.94. The molecule has 0 aliphatic carbocycles. The lowest BCUT2D eigenvalue weighted by molar-refractivity contribution is -0.124. The second-order valence-corrected chi connectivity index (χ2v) is 6.22. The monoisotopic (exact) mass is 333 g/mol. The van der Waals surface area contributed by atoms with E-state index in [1.54, 1.807) is 12.0 Å². The predicted octanol–water partition coefficient (Wildman–Crippen LogP) is 3.42. The maximum atomic E-state index is 12.2.